The van der Waals surface area contributed by atoms with Gasteiger partial charge in [-0.1, -0.05) is 17.4 Å². The summed E-state index contributed by atoms with van der Waals surface area (Å²) in [5.74, 6) is -0.224. The van der Waals surface area contributed by atoms with Gasteiger partial charge in [-0.25, -0.2) is 9.97 Å². The molecular weight excluding hydrogens is 406 g/mol. The summed E-state index contributed by atoms with van der Waals surface area (Å²) in [6, 6.07) is 6.28. The maximum absolute atomic E-state index is 12.8. The zero-order valence-corrected chi connectivity index (χ0v) is 18.0. The molecule has 2 amide bonds. The zero-order chi connectivity index (χ0) is 20.4. The van der Waals surface area contributed by atoms with Crippen molar-refractivity contribution in [3.63, 3.8) is 0 Å². The summed E-state index contributed by atoms with van der Waals surface area (Å²) in [6.45, 7) is 3.65. The first kappa shape index (κ1) is 19.8. The number of anilines is 2. The fraction of sp³-hybridized carbons (Fsp3) is 0.400. The van der Waals surface area contributed by atoms with Crippen LogP contribution in [-0.2, 0) is 16.0 Å². The van der Waals surface area contributed by atoms with E-state index < -0.39 is 0 Å². The summed E-state index contributed by atoms with van der Waals surface area (Å²) in [6.07, 6.45) is 2.02. The first-order chi connectivity index (χ1) is 14.0. The van der Waals surface area contributed by atoms with Crippen LogP contribution >= 0.6 is 22.7 Å². The summed E-state index contributed by atoms with van der Waals surface area (Å²) in [5.41, 5.74) is 2.90. The number of nitrogens with one attached hydrogen (secondary N) is 2. The van der Waals surface area contributed by atoms with Gasteiger partial charge in [-0.15, -0.1) is 11.3 Å². The van der Waals surface area contributed by atoms with Gasteiger partial charge >= 0.3 is 0 Å². The molecule has 0 bridgehead atoms. The molecule has 3 aromatic rings. The Bertz CT molecular complexity index is 1040. The number of piperidine rings is 1. The van der Waals surface area contributed by atoms with Crippen molar-refractivity contribution in [2.24, 2.45) is 5.92 Å². The van der Waals surface area contributed by atoms with Crippen molar-refractivity contribution in [2.75, 3.05) is 30.4 Å². The van der Waals surface area contributed by atoms with Crippen LogP contribution in [0.25, 0.3) is 10.2 Å². The minimum atomic E-state index is -0.108. The summed E-state index contributed by atoms with van der Waals surface area (Å²) >= 11 is 3.03. The number of benzene rings is 1. The number of hydrogen-bond acceptors (Lipinski definition) is 7. The van der Waals surface area contributed by atoms with Gasteiger partial charge in [-0.05, 0) is 37.5 Å². The van der Waals surface area contributed by atoms with Crippen molar-refractivity contribution in [3.05, 3.63) is 34.8 Å². The van der Waals surface area contributed by atoms with Crippen LogP contribution in [-0.4, -0.2) is 41.9 Å². The van der Waals surface area contributed by atoms with Crippen molar-refractivity contribution < 1.29 is 9.59 Å². The van der Waals surface area contributed by atoms with Crippen molar-refractivity contribution in [2.45, 2.75) is 26.2 Å². The molecule has 9 heteroatoms. The number of amides is 2. The summed E-state index contributed by atoms with van der Waals surface area (Å²) in [5, 5.41) is 8.83. The van der Waals surface area contributed by atoms with E-state index in [4.69, 9.17) is 4.98 Å². The molecule has 1 aliphatic rings. The van der Waals surface area contributed by atoms with E-state index in [9.17, 15) is 9.59 Å². The molecule has 1 aliphatic heterocycles. The molecule has 152 valence electrons. The molecule has 0 saturated carbocycles. The van der Waals surface area contributed by atoms with Crippen LogP contribution in [0.15, 0.2) is 23.6 Å². The molecule has 1 aromatic carbocycles. The summed E-state index contributed by atoms with van der Waals surface area (Å²) < 4.78 is 1.18. The molecule has 4 rings (SSSR count). The van der Waals surface area contributed by atoms with Crippen LogP contribution in [0.3, 0.4) is 0 Å². The number of aromatic nitrogens is 2. The molecule has 0 aliphatic carbocycles. The molecule has 1 fully saturated rings. The van der Waals surface area contributed by atoms with Gasteiger partial charge in [-0.3, -0.25) is 9.59 Å². The highest BCUT2D eigenvalue weighted by molar-refractivity contribution is 7.22. The Morgan fingerprint density at radius 1 is 1.31 bits per heavy atom. The third-order valence-corrected chi connectivity index (χ3v) is 6.88. The molecule has 0 radical (unpaired) electrons. The lowest BCUT2D eigenvalue weighted by molar-refractivity contribution is -0.120. The van der Waals surface area contributed by atoms with Gasteiger partial charge < -0.3 is 15.5 Å². The van der Waals surface area contributed by atoms with Gasteiger partial charge in [0.05, 0.1) is 28.2 Å². The fourth-order valence-electron chi connectivity index (χ4n) is 3.43. The van der Waals surface area contributed by atoms with Crippen LogP contribution in [0.5, 0.6) is 0 Å². The van der Waals surface area contributed by atoms with Crippen molar-refractivity contribution in [1.29, 1.82) is 0 Å². The predicted molar refractivity (Wildman–Crippen MR) is 118 cm³/mol. The predicted octanol–water partition coefficient (Wildman–Crippen LogP) is 3.20. The number of carbonyl (C=O) groups excluding carboxylic acids is 2. The first-order valence-electron chi connectivity index (χ1n) is 9.60. The van der Waals surface area contributed by atoms with Gasteiger partial charge in [0.25, 0.3) is 0 Å². The van der Waals surface area contributed by atoms with Gasteiger partial charge in [-0.2, -0.15) is 0 Å². The number of rotatable bonds is 5. The number of likely N-dealkylation sites (N-methyl/N-ethyl adjacent to an activating group) is 1. The van der Waals surface area contributed by atoms with Gasteiger partial charge in [0.2, 0.25) is 11.8 Å². The molecule has 1 unspecified atom stereocenters. The molecular formula is C20H23N5O2S2. The quantitative estimate of drug-likeness (QED) is 0.650. The SMILES string of the molecule is CNC(=O)Cc1csc(NC(=O)C2CCCN(c3nc4ccc(C)cc4s3)C2)n1. The Kier molecular flexibility index (Phi) is 5.77. The Labute approximate surface area is 177 Å². The summed E-state index contributed by atoms with van der Waals surface area (Å²) in [7, 11) is 1.60. The summed E-state index contributed by atoms with van der Waals surface area (Å²) in [4.78, 5) is 35.6. The standard InChI is InChI=1S/C20H23N5O2S2/c1-12-5-6-15-16(8-12)29-20(23-15)25-7-3-4-13(10-25)18(27)24-19-22-14(11-28-19)9-17(26)21-2/h5-6,8,11,13H,3-4,7,9-10H2,1-2H3,(H,21,26)(H,22,24,27). The van der Waals surface area contributed by atoms with Gasteiger partial charge in [0.1, 0.15) is 0 Å². The molecule has 2 N–H and O–H groups in total. The molecule has 7 nitrogen and oxygen atoms in total. The lowest BCUT2D eigenvalue weighted by atomic mass is 9.97. The topological polar surface area (TPSA) is 87.2 Å². The third kappa shape index (κ3) is 4.56. The second-order valence-corrected chi connectivity index (χ2v) is 9.10. The van der Waals surface area contributed by atoms with Crippen molar-refractivity contribution >= 4 is 55.0 Å². The fourth-order valence-corrected chi connectivity index (χ4v) is 5.24. The Morgan fingerprint density at radius 2 is 2.17 bits per heavy atom. The monoisotopic (exact) mass is 429 g/mol. The minimum Gasteiger partial charge on any atom is -0.359 e. The highest BCUT2D eigenvalue weighted by Crippen LogP contribution is 2.32. The van der Waals surface area contributed by atoms with E-state index in [0.29, 0.717) is 17.4 Å². The van der Waals surface area contributed by atoms with E-state index in [-0.39, 0.29) is 24.2 Å². The van der Waals surface area contributed by atoms with Gasteiger partial charge in [0, 0.05) is 25.5 Å². The normalized spacial score (nSPS) is 16.8. The Balaban J connectivity index is 1.41. The second kappa shape index (κ2) is 8.46. The van der Waals surface area contributed by atoms with Crippen molar-refractivity contribution in [3.8, 4) is 0 Å². The van der Waals surface area contributed by atoms with Crippen LogP contribution in [0.4, 0.5) is 10.3 Å². The van der Waals surface area contributed by atoms with Crippen LogP contribution in [0.2, 0.25) is 0 Å². The van der Waals surface area contributed by atoms with Crippen LogP contribution < -0.4 is 15.5 Å². The smallest absolute Gasteiger partial charge is 0.231 e. The average Bonchev–Trinajstić information content (AvgIpc) is 3.34. The van der Waals surface area contributed by atoms with E-state index in [0.717, 1.165) is 30.0 Å². The number of hydrogen-bond donors (Lipinski definition) is 2. The molecule has 0 spiro atoms. The first-order valence-corrected chi connectivity index (χ1v) is 11.3. The third-order valence-electron chi connectivity index (χ3n) is 5.00. The molecule has 1 atom stereocenters. The minimum absolute atomic E-state index is 0.0208. The molecule has 2 aromatic heterocycles. The molecule has 3 heterocycles. The van der Waals surface area contributed by atoms with Crippen LogP contribution in [0, 0.1) is 12.8 Å². The Morgan fingerprint density at radius 3 is 3.00 bits per heavy atom. The highest BCUT2D eigenvalue weighted by Gasteiger charge is 2.28. The number of fused-ring (bicyclic) bond motifs is 1. The number of nitrogens with zero attached hydrogens (tertiary/aromatic N) is 3. The van der Waals surface area contributed by atoms with Crippen molar-refractivity contribution in [1.82, 2.24) is 15.3 Å². The number of aryl methyl sites for hydroxylation is 1. The van der Waals surface area contributed by atoms with E-state index in [1.54, 1.807) is 23.8 Å². The second-order valence-electron chi connectivity index (χ2n) is 7.24. The lowest BCUT2D eigenvalue weighted by Crippen LogP contribution is -2.40. The van der Waals surface area contributed by atoms with E-state index >= 15 is 0 Å². The number of carbonyl (C=O) groups is 2. The highest BCUT2D eigenvalue weighted by atomic mass is 32.1. The maximum atomic E-state index is 12.8. The van der Waals surface area contributed by atoms with E-state index in [1.165, 1.54) is 21.6 Å². The van der Waals surface area contributed by atoms with E-state index in [2.05, 4.69) is 45.6 Å². The van der Waals surface area contributed by atoms with Crippen LogP contribution in [0.1, 0.15) is 24.1 Å². The largest absolute Gasteiger partial charge is 0.359 e. The lowest BCUT2D eigenvalue weighted by Gasteiger charge is -2.31. The Hall–Kier alpha value is -2.52. The molecule has 1 saturated heterocycles. The molecule has 29 heavy (non-hydrogen) atoms. The number of thiazole rings is 2. The maximum Gasteiger partial charge on any atom is 0.231 e. The average molecular weight is 430 g/mol. The zero-order valence-electron chi connectivity index (χ0n) is 16.4. The van der Waals surface area contributed by atoms with E-state index in [1.807, 2.05) is 0 Å². The van der Waals surface area contributed by atoms with Gasteiger partial charge in [0.15, 0.2) is 10.3 Å².